The Morgan fingerprint density at radius 2 is 0.263 bits per heavy atom. The summed E-state index contributed by atoms with van der Waals surface area (Å²) in [6.45, 7) is 0. The van der Waals surface area contributed by atoms with Crippen LogP contribution in [0.15, 0.2) is 303 Å². The molecule has 0 fully saturated rings. The molecule has 0 saturated heterocycles. The first kappa shape index (κ1) is 44.8. The molecule has 0 aromatic heterocycles. The summed E-state index contributed by atoms with van der Waals surface area (Å²) in [5, 5.41) is 9.93. The van der Waals surface area contributed by atoms with Crippen LogP contribution in [0.25, 0.3) is 143 Å². The largest absolute Gasteiger partial charge is 0.0622 e. The van der Waals surface area contributed by atoms with E-state index in [0.29, 0.717) is 0 Å². The van der Waals surface area contributed by atoms with Gasteiger partial charge in [-0.1, -0.05) is 267 Å². The van der Waals surface area contributed by atoms with Crippen molar-refractivity contribution in [3.8, 4) is 100 Å². The third-order valence-electron chi connectivity index (χ3n) is 15.4. The number of hydrogen-bond acceptors (Lipinski definition) is 0. The zero-order chi connectivity index (χ0) is 50.4. The minimum atomic E-state index is 1.18. The van der Waals surface area contributed by atoms with Gasteiger partial charge in [-0.25, -0.2) is 0 Å². The number of benzene rings is 14. The van der Waals surface area contributed by atoms with E-state index in [1.54, 1.807) is 0 Å². The molecule has 0 aliphatic heterocycles. The van der Waals surface area contributed by atoms with Gasteiger partial charge in [0.15, 0.2) is 0 Å². The SMILES string of the molecule is c1ccc(-c2cc(-c3ccccc3)cc(-c3c4ccccc4c(-c4ccc(-c5ccc(-c6c7ccccc7c(-c7cc(-c8ccccc8)cc(-c8ccccc8)c7)c7ccccc67)cc5)cc4)c4ccccc34)c2)cc1. The zero-order valence-corrected chi connectivity index (χ0v) is 41.9. The molecule has 0 heteroatoms. The number of rotatable bonds is 9. The first-order chi connectivity index (χ1) is 37.7. The molecule has 0 nitrogen and oxygen atoms in total. The van der Waals surface area contributed by atoms with Crippen molar-refractivity contribution in [3.05, 3.63) is 303 Å². The molecule has 0 radical (unpaired) electrons. The Kier molecular flexibility index (Phi) is 11.3. The lowest BCUT2D eigenvalue weighted by molar-refractivity contribution is 1.58. The molecule has 0 heterocycles. The van der Waals surface area contributed by atoms with Gasteiger partial charge in [-0.15, -0.1) is 0 Å². The van der Waals surface area contributed by atoms with E-state index < -0.39 is 0 Å². The van der Waals surface area contributed by atoms with E-state index in [9.17, 15) is 0 Å². The summed E-state index contributed by atoms with van der Waals surface area (Å²) in [4.78, 5) is 0. The lowest BCUT2D eigenvalue weighted by Gasteiger charge is -2.19. The van der Waals surface area contributed by atoms with Crippen molar-refractivity contribution in [1.29, 1.82) is 0 Å². The van der Waals surface area contributed by atoms with Gasteiger partial charge < -0.3 is 0 Å². The Bertz CT molecular complexity index is 3920. The molecule has 0 spiro atoms. The van der Waals surface area contributed by atoms with Crippen LogP contribution >= 0.6 is 0 Å². The maximum absolute atomic E-state index is 2.38. The molecule has 0 bridgehead atoms. The smallest absolute Gasteiger partial charge is 0.00259 e. The monoisotopic (exact) mass is 962 g/mol. The lowest BCUT2D eigenvalue weighted by atomic mass is 9.84. The zero-order valence-electron chi connectivity index (χ0n) is 41.9. The van der Waals surface area contributed by atoms with Gasteiger partial charge in [-0.2, -0.15) is 0 Å². The minimum absolute atomic E-state index is 1.18. The van der Waals surface area contributed by atoms with Crippen LogP contribution in [0, 0.1) is 0 Å². The molecule has 0 atom stereocenters. The van der Waals surface area contributed by atoms with E-state index in [0.717, 1.165) is 0 Å². The maximum Gasteiger partial charge on any atom is -0.00259 e. The van der Waals surface area contributed by atoms with Gasteiger partial charge in [0, 0.05) is 0 Å². The topological polar surface area (TPSA) is 0 Å². The maximum atomic E-state index is 2.38. The van der Waals surface area contributed by atoms with Crippen LogP contribution in [0.2, 0.25) is 0 Å². The number of hydrogen-bond donors (Lipinski definition) is 0. The van der Waals surface area contributed by atoms with E-state index in [2.05, 4.69) is 303 Å². The third kappa shape index (κ3) is 8.05. The van der Waals surface area contributed by atoms with Crippen LogP contribution in [0.4, 0.5) is 0 Å². The van der Waals surface area contributed by atoms with E-state index >= 15 is 0 Å². The summed E-state index contributed by atoms with van der Waals surface area (Å²) in [6.07, 6.45) is 0. The molecule has 0 unspecified atom stereocenters. The van der Waals surface area contributed by atoms with Crippen molar-refractivity contribution in [2.45, 2.75) is 0 Å². The first-order valence-corrected chi connectivity index (χ1v) is 26.3. The van der Waals surface area contributed by atoms with Gasteiger partial charge in [-0.3, -0.25) is 0 Å². The van der Waals surface area contributed by atoms with Crippen molar-refractivity contribution in [3.63, 3.8) is 0 Å². The predicted octanol–water partition coefficient (Wildman–Crippen LogP) is 21.3. The summed E-state index contributed by atoms with van der Waals surface area (Å²) in [5.41, 5.74) is 21.8. The van der Waals surface area contributed by atoms with E-state index in [1.807, 2.05) is 0 Å². The van der Waals surface area contributed by atoms with Gasteiger partial charge >= 0.3 is 0 Å². The highest BCUT2D eigenvalue weighted by molar-refractivity contribution is 6.23. The van der Waals surface area contributed by atoms with Crippen molar-refractivity contribution >= 4 is 43.1 Å². The molecule has 354 valence electrons. The van der Waals surface area contributed by atoms with E-state index in [1.165, 1.54) is 143 Å². The summed E-state index contributed by atoms with van der Waals surface area (Å²) in [6, 6.07) is 112. The van der Waals surface area contributed by atoms with Gasteiger partial charge in [0.1, 0.15) is 0 Å². The van der Waals surface area contributed by atoms with Gasteiger partial charge in [-0.05, 0) is 180 Å². The van der Waals surface area contributed by atoms with Gasteiger partial charge in [0.25, 0.3) is 0 Å². The van der Waals surface area contributed by atoms with Gasteiger partial charge in [0.2, 0.25) is 0 Å². The first-order valence-electron chi connectivity index (χ1n) is 26.3. The van der Waals surface area contributed by atoms with Crippen LogP contribution in [-0.4, -0.2) is 0 Å². The Balaban J connectivity index is 0.855. The molecule has 0 N–H and O–H groups in total. The third-order valence-corrected chi connectivity index (χ3v) is 15.4. The highest BCUT2D eigenvalue weighted by Gasteiger charge is 2.21. The van der Waals surface area contributed by atoms with Gasteiger partial charge in [0.05, 0.1) is 0 Å². The van der Waals surface area contributed by atoms with E-state index in [4.69, 9.17) is 0 Å². The van der Waals surface area contributed by atoms with Crippen LogP contribution in [0.1, 0.15) is 0 Å². The molecule has 0 saturated carbocycles. The molecule has 0 aliphatic rings. The Labute approximate surface area is 444 Å². The molecule has 14 aromatic carbocycles. The second-order valence-corrected chi connectivity index (χ2v) is 19.9. The summed E-state index contributed by atoms with van der Waals surface area (Å²) in [7, 11) is 0. The summed E-state index contributed by atoms with van der Waals surface area (Å²) >= 11 is 0. The summed E-state index contributed by atoms with van der Waals surface area (Å²) < 4.78 is 0. The molecule has 14 aromatic rings. The predicted molar refractivity (Wildman–Crippen MR) is 325 cm³/mol. The van der Waals surface area contributed by atoms with Crippen molar-refractivity contribution in [2.75, 3.05) is 0 Å². The van der Waals surface area contributed by atoms with Crippen LogP contribution < -0.4 is 0 Å². The normalized spacial score (nSPS) is 11.4. The average Bonchev–Trinajstić information content (AvgIpc) is 3.51. The average molecular weight is 963 g/mol. The Morgan fingerprint density at radius 3 is 0.487 bits per heavy atom. The molecular formula is C76H50. The molecule has 0 aliphatic carbocycles. The quantitative estimate of drug-likeness (QED) is 0.126. The fourth-order valence-electron chi connectivity index (χ4n) is 11.9. The Hall–Kier alpha value is -9.88. The molecule has 14 rings (SSSR count). The lowest BCUT2D eigenvalue weighted by Crippen LogP contribution is -1.92. The fraction of sp³-hybridized carbons (Fsp3) is 0. The van der Waals surface area contributed by atoms with Crippen LogP contribution in [0.3, 0.4) is 0 Å². The molecular weight excluding hydrogens is 913 g/mol. The summed E-state index contributed by atoms with van der Waals surface area (Å²) in [5.74, 6) is 0. The standard InChI is InChI=1S/C76H50/c1-5-21-51(22-6-1)59-45-60(52-23-7-2-8-24-52)48-63(47-59)75-69-33-17-13-29-65(69)73(66-30-14-18-34-70(66)75)57-41-37-55(38-42-57)56-39-43-58(44-40-56)74-67-31-15-19-35-71(67)76(72-36-20-16-32-68(72)74)64-49-61(53-25-9-3-10-26-53)46-62(50-64)54-27-11-4-12-28-54/h1-50H. The minimum Gasteiger partial charge on any atom is -0.0622 e. The molecule has 0 amide bonds. The van der Waals surface area contributed by atoms with Crippen molar-refractivity contribution < 1.29 is 0 Å². The number of fused-ring (bicyclic) bond motifs is 4. The Morgan fingerprint density at radius 1 is 0.105 bits per heavy atom. The highest BCUT2D eigenvalue weighted by atomic mass is 14.2. The second-order valence-electron chi connectivity index (χ2n) is 19.9. The van der Waals surface area contributed by atoms with Crippen molar-refractivity contribution in [1.82, 2.24) is 0 Å². The fourth-order valence-corrected chi connectivity index (χ4v) is 11.9. The highest BCUT2D eigenvalue weighted by Crippen LogP contribution is 2.48. The second kappa shape index (κ2) is 19.2. The van der Waals surface area contributed by atoms with Crippen LogP contribution in [0.5, 0.6) is 0 Å². The van der Waals surface area contributed by atoms with E-state index in [-0.39, 0.29) is 0 Å². The van der Waals surface area contributed by atoms with Crippen molar-refractivity contribution in [2.24, 2.45) is 0 Å². The molecule has 76 heavy (non-hydrogen) atoms. The van der Waals surface area contributed by atoms with Crippen LogP contribution in [-0.2, 0) is 0 Å².